The number of ether oxygens (including phenoxy) is 3. The molecule has 0 amide bonds. The maximum atomic E-state index is 11.9. The molecule has 1 saturated heterocycles. The summed E-state index contributed by atoms with van der Waals surface area (Å²) in [7, 11) is 0. The van der Waals surface area contributed by atoms with E-state index in [1.807, 2.05) is 60.7 Å². The Kier molecular flexibility index (Phi) is 5.80. The van der Waals surface area contributed by atoms with Crippen LogP contribution in [0, 0.1) is 0 Å². The zero-order chi connectivity index (χ0) is 17.5. The van der Waals surface area contributed by atoms with Crippen LogP contribution in [-0.2, 0) is 36.6 Å². The van der Waals surface area contributed by atoms with Gasteiger partial charge in [-0.05, 0) is 11.1 Å². The van der Waals surface area contributed by atoms with Crippen LogP contribution in [0.25, 0.3) is 0 Å². The van der Waals surface area contributed by atoms with Gasteiger partial charge in [-0.3, -0.25) is 0 Å². The molecule has 3 rings (SSSR count). The van der Waals surface area contributed by atoms with Crippen molar-refractivity contribution in [3.63, 3.8) is 0 Å². The molecule has 2 atom stereocenters. The molecule has 1 fully saturated rings. The summed E-state index contributed by atoms with van der Waals surface area (Å²) in [4.78, 5) is 23.7. The van der Waals surface area contributed by atoms with Crippen molar-refractivity contribution in [1.29, 1.82) is 0 Å². The van der Waals surface area contributed by atoms with Crippen LogP contribution in [-0.4, -0.2) is 37.4 Å². The number of rotatable bonds is 8. The van der Waals surface area contributed by atoms with Gasteiger partial charge in [0.25, 0.3) is 0 Å². The number of carbonyl (C=O) groups is 2. The van der Waals surface area contributed by atoms with Crippen LogP contribution in [0.1, 0.15) is 11.1 Å². The van der Waals surface area contributed by atoms with Gasteiger partial charge in [0.05, 0.1) is 13.2 Å². The SMILES string of the molecule is O=C(OCCc1ccccc1)C1OC1C(=O)OCCc1ccccc1. The lowest BCUT2D eigenvalue weighted by Gasteiger charge is -2.04. The lowest BCUT2D eigenvalue weighted by atomic mass is 10.2. The van der Waals surface area contributed by atoms with E-state index in [0.717, 1.165) is 11.1 Å². The largest absolute Gasteiger partial charge is 0.463 e. The van der Waals surface area contributed by atoms with Gasteiger partial charge in [0.15, 0.2) is 12.2 Å². The van der Waals surface area contributed by atoms with Gasteiger partial charge in [0.2, 0.25) is 0 Å². The van der Waals surface area contributed by atoms with Crippen molar-refractivity contribution < 1.29 is 23.8 Å². The number of carbonyl (C=O) groups excluding carboxylic acids is 2. The second kappa shape index (κ2) is 8.44. The molecule has 1 aliphatic heterocycles. The topological polar surface area (TPSA) is 65.1 Å². The summed E-state index contributed by atoms with van der Waals surface area (Å²) < 4.78 is 15.4. The van der Waals surface area contributed by atoms with E-state index in [9.17, 15) is 9.59 Å². The van der Waals surface area contributed by atoms with E-state index >= 15 is 0 Å². The number of esters is 2. The molecule has 1 aliphatic rings. The summed E-state index contributed by atoms with van der Waals surface area (Å²) in [5, 5.41) is 0. The highest BCUT2D eigenvalue weighted by Crippen LogP contribution is 2.25. The molecule has 0 aliphatic carbocycles. The van der Waals surface area contributed by atoms with Gasteiger partial charge >= 0.3 is 11.9 Å². The van der Waals surface area contributed by atoms with E-state index in [4.69, 9.17) is 14.2 Å². The summed E-state index contributed by atoms with van der Waals surface area (Å²) >= 11 is 0. The van der Waals surface area contributed by atoms with Crippen molar-refractivity contribution in [2.24, 2.45) is 0 Å². The Bertz CT molecular complexity index is 637. The van der Waals surface area contributed by atoms with Crippen LogP contribution in [0.2, 0.25) is 0 Å². The fourth-order valence-electron chi connectivity index (χ4n) is 2.46. The van der Waals surface area contributed by atoms with Gasteiger partial charge in [-0.2, -0.15) is 0 Å². The minimum Gasteiger partial charge on any atom is -0.463 e. The van der Waals surface area contributed by atoms with Crippen molar-refractivity contribution in [3.8, 4) is 0 Å². The maximum absolute atomic E-state index is 11.9. The molecule has 0 radical (unpaired) electrons. The molecule has 2 aromatic carbocycles. The molecule has 2 unspecified atom stereocenters. The summed E-state index contributed by atoms with van der Waals surface area (Å²) in [6, 6.07) is 19.5. The summed E-state index contributed by atoms with van der Waals surface area (Å²) in [5.74, 6) is -1.03. The van der Waals surface area contributed by atoms with Crippen LogP contribution in [0.3, 0.4) is 0 Å². The monoisotopic (exact) mass is 340 g/mol. The fraction of sp³-hybridized carbons (Fsp3) is 0.300. The molecule has 130 valence electrons. The van der Waals surface area contributed by atoms with Crippen molar-refractivity contribution in [2.45, 2.75) is 25.0 Å². The van der Waals surface area contributed by atoms with Gasteiger partial charge in [0.1, 0.15) is 0 Å². The predicted octanol–water partition coefficient (Wildman–Crippen LogP) is 2.33. The number of hydrogen-bond acceptors (Lipinski definition) is 5. The van der Waals surface area contributed by atoms with Crippen LogP contribution >= 0.6 is 0 Å². The molecule has 2 aromatic rings. The second-order valence-corrected chi connectivity index (χ2v) is 5.78. The van der Waals surface area contributed by atoms with Crippen molar-refractivity contribution in [2.75, 3.05) is 13.2 Å². The zero-order valence-electron chi connectivity index (χ0n) is 13.8. The predicted molar refractivity (Wildman–Crippen MR) is 90.9 cm³/mol. The quantitative estimate of drug-likeness (QED) is 0.545. The second-order valence-electron chi connectivity index (χ2n) is 5.78. The first kappa shape index (κ1) is 17.2. The third-order valence-electron chi connectivity index (χ3n) is 3.91. The van der Waals surface area contributed by atoms with Crippen LogP contribution in [0.15, 0.2) is 60.7 Å². The zero-order valence-corrected chi connectivity index (χ0v) is 13.8. The molecule has 0 spiro atoms. The van der Waals surface area contributed by atoms with Gasteiger partial charge in [-0.15, -0.1) is 0 Å². The lowest BCUT2D eigenvalue weighted by Crippen LogP contribution is -2.21. The maximum Gasteiger partial charge on any atom is 0.338 e. The Morgan fingerprint density at radius 3 is 1.52 bits per heavy atom. The van der Waals surface area contributed by atoms with E-state index in [-0.39, 0.29) is 13.2 Å². The van der Waals surface area contributed by atoms with Gasteiger partial charge < -0.3 is 14.2 Å². The highest BCUT2D eigenvalue weighted by atomic mass is 16.7. The number of epoxide rings is 1. The Morgan fingerprint density at radius 1 is 0.720 bits per heavy atom. The van der Waals surface area contributed by atoms with E-state index in [1.54, 1.807) is 0 Å². The summed E-state index contributed by atoms with van der Waals surface area (Å²) in [6.07, 6.45) is -0.406. The Morgan fingerprint density at radius 2 is 1.12 bits per heavy atom. The third kappa shape index (κ3) is 5.16. The van der Waals surface area contributed by atoms with Crippen LogP contribution < -0.4 is 0 Å². The van der Waals surface area contributed by atoms with Gasteiger partial charge in [-0.25, -0.2) is 9.59 Å². The lowest BCUT2D eigenvalue weighted by molar-refractivity contribution is -0.147. The Balaban J connectivity index is 1.32. The Hall–Kier alpha value is -2.66. The van der Waals surface area contributed by atoms with E-state index < -0.39 is 24.1 Å². The minimum atomic E-state index is -0.833. The Labute approximate surface area is 146 Å². The molecule has 1 heterocycles. The molecule has 0 bridgehead atoms. The third-order valence-corrected chi connectivity index (χ3v) is 3.91. The smallest absolute Gasteiger partial charge is 0.338 e. The van der Waals surface area contributed by atoms with E-state index in [0.29, 0.717) is 12.8 Å². The molecule has 5 heteroatoms. The first-order valence-electron chi connectivity index (χ1n) is 8.30. The number of hydrogen-bond donors (Lipinski definition) is 0. The van der Waals surface area contributed by atoms with Crippen molar-refractivity contribution >= 4 is 11.9 Å². The van der Waals surface area contributed by atoms with Gasteiger partial charge in [0, 0.05) is 12.8 Å². The highest BCUT2D eigenvalue weighted by molar-refractivity contribution is 5.89. The molecular formula is C20H20O5. The van der Waals surface area contributed by atoms with Crippen LogP contribution in [0.4, 0.5) is 0 Å². The first-order valence-corrected chi connectivity index (χ1v) is 8.30. The van der Waals surface area contributed by atoms with E-state index in [2.05, 4.69) is 0 Å². The summed E-state index contributed by atoms with van der Waals surface area (Å²) in [5.41, 5.74) is 2.17. The van der Waals surface area contributed by atoms with Gasteiger partial charge in [-0.1, -0.05) is 60.7 Å². The fourth-order valence-corrected chi connectivity index (χ4v) is 2.46. The molecule has 0 N–H and O–H groups in total. The normalized spacial score (nSPS) is 18.4. The van der Waals surface area contributed by atoms with E-state index in [1.165, 1.54) is 0 Å². The average Bonchev–Trinajstić information content (AvgIpc) is 3.44. The molecular weight excluding hydrogens is 320 g/mol. The molecule has 0 aromatic heterocycles. The van der Waals surface area contributed by atoms with Crippen LogP contribution in [0.5, 0.6) is 0 Å². The number of benzene rings is 2. The molecule has 25 heavy (non-hydrogen) atoms. The minimum absolute atomic E-state index is 0.262. The first-order chi connectivity index (χ1) is 12.2. The molecule has 0 saturated carbocycles. The average molecular weight is 340 g/mol. The van der Waals surface area contributed by atoms with Crippen molar-refractivity contribution in [3.05, 3.63) is 71.8 Å². The standard InChI is InChI=1S/C20H20O5/c21-19(23-13-11-15-7-3-1-4-8-15)17-18(25-17)20(22)24-14-12-16-9-5-2-6-10-16/h1-10,17-18H,11-14H2. The molecule has 5 nitrogen and oxygen atoms in total. The highest BCUT2D eigenvalue weighted by Gasteiger charge is 2.52. The van der Waals surface area contributed by atoms with Crippen molar-refractivity contribution in [1.82, 2.24) is 0 Å². The summed E-state index contributed by atoms with van der Waals surface area (Å²) in [6.45, 7) is 0.525.